The van der Waals surface area contributed by atoms with Crippen molar-refractivity contribution in [3.63, 3.8) is 0 Å². The van der Waals surface area contributed by atoms with Gasteiger partial charge in [0.2, 0.25) is 0 Å². The Kier molecular flexibility index (Phi) is 3.08. The summed E-state index contributed by atoms with van der Waals surface area (Å²) in [5.41, 5.74) is 0. The molecule has 0 amide bonds. The summed E-state index contributed by atoms with van der Waals surface area (Å²) in [6, 6.07) is 3.91. The number of halogens is 5. The zero-order valence-electron chi connectivity index (χ0n) is 6.03. The van der Waals surface area contributed by atoms with Crippen LogP contribution in [0.4, 0.5) is 13.2 Å². The van der Waals surface area contributed by atoms with Crippen molar-refractivity contribution in [3.8, 4) is 5.75 Å². The van der Waals surface area contributed by atoms with Crippen LogP contribution in [0.15, 0.2) is 22.7 Å². The first-order valence-electron chi connectivity index (χ1n) is 3.09. The molecule has 0 fully saturated rings. The van der Waals surface area contributed by atoms with Crippen LogP contribution in [0.5, 0.6) is 5.75 Å². The van der Waals surface area contributed by atoms with E-state index in [-0.39, 0.29) is 15.2 Å². The SMILES string of the molecule is FC(F)(F)Oc1cc(Cl)ccc1Br. The monoisotopic (exact) mass is 274 g/mol. The highest BCUT2D eigenvalue weighted by molar-refractivity contribution is 9.10. The zero-order valence-corrected chi connectivity index (χ0v) is 8.37. The fourth-order valence-electron chi connectivity index (χ4n) is 0.680. The third-order valence-electron chi connectivity index (χ3n) is 1.12. The first kappa shape index (κ1) is 10.7. The Labute approximate surface area is 85.6 Å². The minimum Gasteiger partial charge on any atom is -0.405 e. The van der Waals surface area contributed by atoms with E-state index in [1.54, 1.807) is 0 Å². The molecule has 0 bridgehead atoms. The Morgan fingerprint density at radius 2 is 1.92 bits per heavy atom. The Bertz CT molecular complexity index is 313. The van der Waals surface area contributed by atoms with Gasteiger partial charge < -0.3 is 4.74 Å². The third kappa shape index (κ3) is 3.44. The number of benzene rings is 1. The van der Waals surface area contributed by atoms with E-state index in [1.165, 1.54) is 12.1 Å². The van der Waals surface area contributed by atoms with E-state index in [4.69, 9.17) is 11.6 Å². The summed E-state index contributed by atoms with van der Waals surface area (Å²) in [4.78, 5) is 0. The minimum absolute atomic E-state index is 0.183. The molecule has 72 valence electrons. The highest BCUT2D eigenvalue weighted by atomic mass is 79.9. The summed E-state index contributed by atoms with van der Waals surface area (Å²) in [5.74, 6) is -0.347. The predicted molar refractivity (Wildman–Crippen MR) is 45.8 cm³/mol. The van der Waals surface area contributed by atoms with Crippen LogP contribution in [-0.2, 0) is 0 Å². The fraction of sp³-hybridized carbons (Fsp3) is 0.143. The maximum Gasteiger partial charge on any atom is 0.573 e. The summed E-state index contributed by atoms with van der Waals surface area (Å²) in [7, 11) is 0. The quantitative estimate of drug-likeness (QED) is 0.752. The molecule has 13 heavy (non-hydrogen) atoms. The summed E-state index contributed by atoms with van der Waals surface area (Å²) < 4.78 is 39.2. The number of ether oxygens (including phenoxy) is 1. The topological polar surface area (TPSA) is 9.23 Å². The summed E-state index contributed by atoms with van der Waals surface area (Å²) in [5, 5.41) is 0.183. The lowest BCUT2D eigenvalue weighted by molar-refractivity contribution is -0.274. The van der Waals surface area contributed by atoms with Crippen molar-refractivity contribution in [2.24, 2.45) is 0 Å². The molecule has 0 heterocycles. The molecule has 0 aliphatic heterocycles. The lowest BCUT2D eigenvalue weighted by Crippen LogP contribution is -2.17. The van der Waals surface area contributed by atoms with Gasteiger partial charge in [-0.2, -0.15) is 0 Å². The molecule has 0 aliphatic carbocycles. The Hall–Kier alpha value is -0.420. The molecule has 0 unspecified atom stereocenters. The summed E-state index contributed by atoms with van der Waals surface area (Å²) in [6.45, 7) is 0. The molecule has 0 aromatic heterocycles. The Morgan fingerprint density at radius 3 is 2.46 bits per heavy atom. The van der Waals surface area contributed by atoms with E-state index >= 15 is 0 Å². The maximum absolute atomic E-state index is 11.8. The molecular weight excluding hydrogens is 272 g/mol. The van der Waals surface area contributed by atoms with Gasteiger partial charge in [-0.05, 0) is 28.1 Å². The standard InChI is InChI=1S/C7H3BrClF3O/c8-5-2-1-4(9)3-6(5)13-7(10,11)12/h1-3H. The first-order valence-corrected chi connectivity index (χ1v) is 4.26. The van der Waals surface area contributed by atoms with Crippen molar-refractivity contribution >= 4 is 27.5 Å². The molecule has 0 spiro atoms. The molecule has 6 heteroatoms. The van der Waals surface area contributed by atoms with E-state index in [0.717, 1.165) is 6.07 Å². The molecule has 0 saturated heterocycles. The van der Waals surface area contributed by atoms with Crippen LogP contribution in [-0.4, -0.2) is 6.36 Å². The number of alkyl halides is 3. The highest BCUT2D eigenvalue weighted by Crippen LogP contribution is 2.32. The molecule has 1 aromatic rings. The van der Waals surface area contributed by atoms with Crippen LogP contribution in [0.3, 0.4) is 0 Å². The first-order chi connectivity index (χ1) is 5.88. The lowest BCUT2D eigenvalue weighted by atomic mass is 10.3. The van der Waals surface area contributed by atoms with Gasteiger partial charge in [0.15, 0.2) is 0 Å². The largest absolute Gasteiger partial charge is 0.573 e. The molecule has 0 aliphatic rings. The van der Waals surface area contributed by atoms with Gasteiger partial charge >= 0.3 is 6.36 Å². The summed E-state index contributed by atoms with van der Waals surface area (Å²) in [6.07, 6.45) is -4.70. The average molecular weight is 275 g/mol. The maximum atomic E-state index is 11.8. The van der Waals surface area contributed by atoms with Gasteiger partial charge in [-0.3, -0.25) is 0 Å². The van der Waals surface area contributed by atoms with Gasteiger partial charge in [-0.25, -0.2) is 0 Å². The van der Waals surface area contributed by atoms with Crippen molar-refractivity contribution in [1.29, 1.82) is 0 Å². The van der Waals surface area contributed by atoms with Gasteiger partial charge in [0, 0.05) is 11.1 Å². The van der Waals surface area contributed by atoms with E-state index in [2.05, 4.69) is 20.7 Å². The van der Waals surface area contributed by atoms with Gasteiger partial charge in [-0.1, -0.05) is 11.6 Å². The molecule has 1 rings (SSSR count). The van der Waals surface area contributed by atoms with Crippen molar-refractivity contribution < 1.29 is 17.9 Å². The molecule has 0 radical (unpaired) electrons. The van der Waals surface area contributed by atoms with Crippen LogP contribution in [0.1, 0.15) is 0 Å². The second-order valence-electron chi connectivity index (χ2n) is 2.12. The zero-order chi connectivity index (χ0) is 10.1. The molecular formula is C7H3BrClF3O. The average Bonchev–Trinajstić information content (AvgIpc) is 1.94. The Morgan fingerprint density at radius 1 is 1.31 bits per heavy atom. The van der Waals surface area contributed by atoms with Crippen molar-refractivity contribution in [2.75, 3.05) is 0 Å². The smallest absolute Gasteiger partial charge is 0.405 e. The number of hydrogen-bond donors (Lipinski definition) is 0. The molecule has 0 saturated carbocycles. The van der Waals surface area contributed by atoms with E-state index in [0.29, 0.717) is 0 Å². The predicted octanol–water partition coefficient (Wildman–Crippen LogP) is 4.00. The van der Waals surface area contributed by atoms with Crippen LogP contribution < -0.4 is 4.74 Å². The van der Waals surface area contributed by atoms with Crippen molar-refractivity contribution in [1.82, 2.24) is 0 Å². The molecule has 0 atom stereocenters. The molecule has 1 nitrogen and oxygen atoms in total. The second-order valence-corrected chi connectivity index (χ2v) is 3.41. The minimum atomic E-state index is -4.70. The number of hydrogen-bond acceptors (Lipinski definition) is 1. The van der Waals surface area contributed by atoms with Crippen LogP contribution in [0.25, 0.3) is 0 Å². The van der Waals surface area contributed by atoms with Gasteiger partial charge in [-0.15, -0.1) is 13.2 Å². The van der Waals surface area contributed by atoms with Crippen molar-refractivity contribution in [3.05, 3.63) is 27.7 Å². The Balaban J connectivity index is 2.94. The van der Waals surface area contributed by atoms with E-state index in [1.807, 2.05) is 0 Å². The van der Waals surface area contributed by atoms with Crippen LogP contribution >= 0.6 is 27.5 Å². The second kappa shape index (κ2) is 3.75. The van der Waals surface area contributed by atoms with Gasteiger partial charge in [0.1, 0.15) is 5.75 Å². The van der Waals surface area contributed by atoms with Gasteiger partial charge in [0.25, 0.3) is 0 Å². The third-order valence-corrected chi connectivity index (χ3v) is 2.01. The molecule has 0 N–H and O–H groups in total. The van der Waals surface area contributed by atoms with E-state index < -0.39 is 6.36 Å². The fourth-order valence-corrected chi connectivity index (χ4v) is 1.17. The lowest BCUT2D eigenvalue weighted by Gasteiger charge is -2.10. The normalized spacial score (nSPS) is 11.5. The highest BCUT2D eigenvalue weighted by Gasteiger charge is 2.31. The molecule has 1 aromatic carbocycles. The summed E-state index contributed by atoms with van der Waals surface area (Å²) >= 11 is 8.38. The van der Waals surface area contributed by atoms with Crippen molar-refractivity contribution in [2.45, 2.75) is 6.36 Å². The number of rotatable bonds is 1. The van der Waals surface area contributed by atoms with Gasteiger partial charge in [0.05, 0.1) is 4.47 Å². The van der Waals surface area contributed by atoms with Crippen LogP contribution in [0.2, 0.25) is 5.02 Å². The van der Waals surface area contributed by atoms with E-state index in [9.17, 15) is 13.2 Å². The van der Waals surface area contributed by atoms with Crippen LogP contribution in [0, 0.1) is 0 Å².